The van der Waals surface area contributed by atoms with Gasteiger partial charge in [-0.2, -0.15) is 13.2 Å². The summed E-state index contributed by atoms with van der Waals surface area (Å²) in [7, 11) is -4.54. The standard InChI is InChI=1S/C21H17ClF3NO6S/c1-2-9-26(15-5-3-4-14(12-15)21(23,24)25)33(29,30)18-11-13(6-7-16(18)22)19(27)32-17-8-10-31-20(17)28/h2-7,11-12,17H,1,8-10H2/t17-/m1/s1. The van der Waals surface area contributed by atoms with Gasteiger partial charge in [0.1, 0.15) is 4.90 Å². The zero-order valence-corrected chi connectivity index (χ0v) is 18.4. The van der Waals surface area contributed by atoms with Crippen molar-refractivity contribution in [1.29, 1.82) is 0 Å². The lowest BCUT2D eigenvalue weighted by atomic mass is 10.2. The van der Waals surface area contributed by atoms with Crippen molar-refractivity contribution in [3.8, 4) is 0 Å². The van der Waals surface area contributed by atoms with E-state index in [9.17, 15) is 31.2 Å². The van der Waals surface area contributed by atoms with Gasteiger partial charge in [-0.3, -0.25) is 4.31 Å². The van der Waals surface area contributed by atoms with E-state index in [0.717, 1.165) is 24.3 Å². The fourth-order valence-corrected chi connectivity index (χ4v) is 4.96. The molecule has 0 saturated carbocycles. The Morgan fingerprint density at radius 3 is 2.61 bits per heavy atom. The maximum absolute atomic E-state index is 13.4. The van der Waals surface area contributed by atoms with Gasteiger partial charge in [0.15, 0.2) is 0 Å². The summed E-state index contributed by atoms with van der Waals surface area (Å²) in [6.07, 6.45) is -4.46. The average molecular weight is 504 g/mol. The largest absolute Gasteiger partial charge is 0.463 e. The van der Waals surface area contributed by atoms with Crippen LogP contribution in [0.5, 0.6) is 0 Å². The minimum atomic E-state index is -4.69. The monoisotopic (exact) mass is 503 g/mol. The number of alkyl halides is 3. The highest BCUT2D eigenvalue weighted by molar-refractivity contribution is 7.93. The Bertz CT molecular complexity index is 1200. The Morgan fingerprint density at radius 1 is 1.27 bits per heavy atom. The number of hydrogen-bond donors (Lipinski definition) is 0. The van der Waals surface area contributed by atoms with Crippen LogP contribution in [0.25, 0.3) is 0 Å². The van der Waals surface area contributed by atoms with Crippen LogP contribution in [0.15, 0.2) is 60.0 Å². The number of nitrogens with zero attached hydrogens (tertiary/aromatic N) is 1. The van der Waals surface area contributed by atoms with Gasteiger partial charge in [0, 0.05) is 6.42 Å². The molecule has 1 saturated heterocycles. The van der Waals surface area contributed by atoms with Crippen LogP contribution < -0.4 is 4.31 Å². The minimum Gasteiger partial charge on any atom is -0.463 e. The summed E-state index contributed by atoms with van der Waals surface area (Å²) in [4.78, 5) is 23.4. The molecule has 1 heterocycles. The van der Waals surface area contributed by atoms with Crippen LogP contribution in [0, 0.1) is 0 Å². The van der Waals surface area contributed by atoms with Gasteiger partial charge in [0.2, 0.25) is 6.10 Å². The van der Waals surface area contributed by atoms with Gasteiger partial charge >= 0.3 is 18.1 Å². The molecular formula is C21H17ClF3NO6S. The lowest BCUT2D eigenvalue weighted by Crippen LogP contribution is -2.32. The quantitative estimate of drug-likeness (QED) is 0.415. The van der Waals surface area contributed by atoms with Gasteiger partial charge in [0.25, 0.3) is 10.0 Å². The third-order valence-electron chi connectivity index (χ3n) is 4.63. The predicted octanol–water partition coefficient (Wildman–Crippen LogP) is 4.21. The molecule has 1 fully saturated rings. The van der Waals surface area contributed by atoms with E-state index in [1.807, 2.05) is 0 Å². The van der Waals surface area contributed by atoms with Crippen molar-refractivity contribution in [2.24, 2.45) is 0 Å². The number of esters is 2. The Morgan fingerprint density at radius 2 is 2.00 bits per heavy atom. The number of carbonyl (C=O) groups excluding carboxylic acids is 2. The molecule has 1 atom stereocenters. The molecule has 0 unspecified atom stereocenters. The van der Waals surface area contributed by atoms with Gasteiger partial charge in [-0.05, 0) is 36.4 Å². The maximum atomic E-state index is 13.4. The SMILES string of the molecule is C=CCN(c1cccc(C(F)(F)F)c1)S(=O)(=O)c1cc(C(=O)O[C@@H]2CCOC2=O)ccc1Cl. The minimum absolute atomic E-state index is 0.0878. The highest BCUT2D eigenvalue weighted by Crippen LogP contribution is 2.34. The zero-order valence-electron chi connectivity index (χ0n) is 16.8. The molecule has 0 bridgehead atoms. The van der Waals surface area contributed by atoms with Crippen molar-refractivity contribution in [3.05, 3.63) is 71.3 Å². The number of carbonyl (C=O) groups is 2. The van der Waals surface area contributed by atoms with E-state index in [0.29, 0.717) is 10.4 Å². The van der Waals surface area contributed by atoms with Gasteiger partial charge in [-0.1, -0.05) is 23.7 Å². The van der Waals surface area contributed by atoms with E-state index in [2.05, 4.69) is 6.58 Å². The molecule has 33 heavy (non-hydrogen) atoms. The van der Waals surface area contributed by atoms with Crippen molar-refractivity contribution < 1.29 is 40.7 Å². The van der Waals surface area contributed by atoms with E-state index in [-0.39, 0.29) is 35.8 Å². The molecule has 12 heteroatoms. The Hall–Kier alpha value is -3.05. The molecule has 0 aliphatic carbocycles. The topological polar surface area (TPSA) is 90.0 Å². The third kappa shape index (κ3) is 5.31. The van der Waals surface area contributed by atoms with Gasteiger partial charge in [0.05, 0.1) is 35.0 Å². The van der Waals surface area contributed by atoms with Crippen LogP contribution in [0.4, 0.5) is 18.9 Å². The molecule has 0 radical (unpaired) electrons. The number of halogens is 4. The summed E-state index contributed by atoms with van der Waals surface area (Å²) in [5.74, 6) is -1.70. The molecule has 1 aliphatic heterocycles. The molecule has 0 amide bonds. The Kier molecular flexibility index (Phi) is 7.03. The first-order valence-electron chi connectivity index (χ1n) is 9.43. The van der Waals surface area contributed by atoms with E-state index < -0.39 is 44.7 Å². The molecular weight excluding hydrogens is 487 g/mol. The smallest absolute Gasteiger partial charge is 0.416 e. The second kappa shape index (κ2) is 9.44. The highest BCUT2D eigenvalue weighted by Gasteiger charge is 2.34. The second-order valence-electron chi connectivity index (χ2n) is 6.87. The summed E-state index contributed by atoms with van der Waals surface area (Å²) >= 11 is 6.08. The zero-order chi connectivity index (χ0) is 24.4. The lowest BCUT2D eigenvalue weighted by molar-refractivity contribution is -0.145. The third-order valence-corrected chi connectivity index (χ3v) is 6.90. The molecule has 0 N–H and O–H groups in total. The number of rotatable bonds is 7. The van der Waals surface area contributed by atoms with Crippen molar-refractivity contribution in [2.45, 2.75) is 23.6 Å². The lowest BCUT2D eigenvalue weighted by Gasteiger charge is -2.24. The van der Waals surface area contributed by atoms with E-state index >= 15 is 0 Å². The van der Waals surface area contributed by atoms with Crippen LogP contribution in [0.3, 0.4) is 0 Å². The van der Waals surface area contributed by atoms with Crippen LogP contribution in [-0.2, 0) is 30.5 Å². The number of hydrogen-bond acceptors (Lipinski definition) is 6. The predicted molar refractivity (Wildman–Crippen MR) is 112 cm³/mol. The summed E-state index contributed by atoms with van der Waals surface area (Å²) in [5.41, 5.74) is -1.54. The fraction of sp³-hybridized carbons (Fsp3) is 0.238. The highest BCUT2D eigenvalue weighted by atomic mass is 35.5. The van der Waals surface area contributed by atoms with Crippen LogP contribution in [0.1, 0.15) is 22.3 Å². The van der Waals surface area contributed by atoms with Gasteiger partial charge in [-0.15, -0.1) is 6.58 Å². The van der Waals surface area contributed by atoms with E-state index in [1.54, 1.807) is 0 Å². The first-order valence-corrected chi connectivity index (χ1v) is 11.2. The van der Waals surface area contributed by atoms with Gasteiger partial charge in [-0.25, -0.2) is 18.0 Å². The molecule has 3 rings (SSSR count). The molecule has 0 spiro atoms. The summed E-state index contributed by atoms with van der Waals surface area (Å²) in [5, 5.41) is -0.270. The van der Waals surface area contributed by atoms with Crippen LogP contribution in [0.2, 0.25) is 5.02 Å². The molecule has 7 nitrogen and oxygen atoms in total. The summed E-state index contributed by atoms with van der Waals surface area (Å²) in [6.45, 7) is 3.17. The van der Waals surface area contributed by atoms with E-state index in [1.165, 1.54) is 18.2 Å². The average Bonchev–Trinajstić information content (AvgIpc) is 3.15. The number of sulfonamides is 1. The van der Waals surface area contributed by atoms with Crippen LogP contribution in [-0.4, -0.2) is 39.6 Å². The van der Waals surface area contributed by atoms with Crippen LogP contribution >= 0.6 is 11.6 Å². The van der Waals surface area contributed by atoms with Crippen molar-refractivity contribution >= 4 is 39.3 Å². The maximum Gasteiger partial charge on any atom is 0.416 e. The molecule has 0 aromatic heterocycles. The number of ether oxygens (including phenoxy) is 2. The fourth-order valence-electron chi connectivity index (χ4n) is 3.03. The second-order valence-corrected chi connectivity index (χ2v) is 9.11. The first-order chi connectivity index (χ1) is 15.4. The van der Waals surface area contributed by atoms with Crippen molar-refractivity contribution in [3.63, 3.8) is 0 Å². The summed E-state index contributed by atoms with van der Waals surface area (Å²) in [6, 6.07) is 7.01. The number of anilines is 1. The van der Waals surface area contributed by atoms with Crippen molar-refractivity contribution in [1.82, 2.24) is 0 Å². The number of benzene rings is 2. The van der Waals surface area contributed by atoms with Crippen molar-refractivity contribution in [2.75, 3.05) is 17.5 Å². The van der Waals surface area contributed by atoms with Gasteiger partial charge < -0.3 is 9.47 Å². The normalized spacial score (nSPS) is 16.2. The molecule has 1 aliphatic rings. The molecule has 176 valence electrons. The first kappa shape index (κ1) is 24.6. The van der Waals surface area contributed by atoms with E-state index in [4.69, 9.17) is 21.1 Å². The number of cyclic esters (lactones) is 1. The Labute approximate surface area is 192 Å². The molecule has 2 aromatic rings. The summed E-state index contributed by atoms with van der Waals surface area (Å²) < 4.78 is 76.6. The molecule has 2 aromatic carbocycles. The Balaban J connectivity index is 2.00.